The summed E-state index contributed by atoms with van der Waals surface area (Å²) in [6, 6.07) is 3.97. The van der Waals surface area contributed by atoms with Crippen molar-refractivity contribution in [2.24, 2.45) is 5.92 Å². The molecule has 0 saturated carbocycles. The van der Waals surface area contributed by atoms with Crippen LogP contribution in [0.3, 0.4) is 0 Å². The molecule has 1 saturated heterocycles. The third-order valence-corrected chi connectivity index (χ3v) is 6.12. The molecule has 0 amide bonds. The predicted molar refractivity (Wildman–Crippen MR) is 77.7 cm³/mol. The molecule has 2 unspecified atom stereocenters. The smallest absolute Gasteiger partial charge is 0.207 e. The van der Waals surface area contributed by atoms with Crippen molar-refractivity contribution in [1.29, 1.82) is 0 Å². The Labute approximate surface area is 124 Å². The maximum atomic E-state index is 14.0. The average Bonchev–Trinajstić information content (AvgIpc) is 2.40. The first-order chi connectivity index (χ1) is 9.36. The van der Waals surface area contributed by atoms with E-state index in [1.54, 1.807) is 6.07 Å². The second-order valence-electron chi connectivity index (χ2n) is 5.50. The summed E-state index contributed by atoms with van der Waals surface area (Å²) < 4.78 is 40.7. The summed E-state index contributed by atoms with van der Waals surface area (Å²) in [4.78, 5) is -0.257. The van der Waals surface area contributed by atoms with Crippen LogP contribution in [0.25, 0.3) is 0 Å². The van der Waals surface area contributed by atoms with E-state index in [4.69, 9.17) is 11.6 Å². The van der Waals surface area contributed by atoms with Gasteiger partial charge in [-0.2, -0.15) is 4.31 Å². The van der Waals surface area contributed by atoms with Gasteiger partial charge in [0.05, 0.1) is 0 Å². The molecular formula is C14H19ClFNO2S. The second-order valence-corrected chi connectivity index (χ2v) is 7.63. The monoisotopic (exact) mass is 319 g/mol. The Kier molecular flexibility index (Phi) is 4.72. The fraction of sp³-hybridized carbons (Fsp3) is 0.571. The molecule has 2 rings (SSSR count). The maximum Gasteiger partial charge on any atom is 0.246 e. The van der Waals surface area contributed by atoms with Crippen molar-refractivity contribution in [2.45, 2.75) is 43.5 Å². The van der Waals surface area contributed by atoms with Gasteiger partial charge in [0.15, 0.2) is 0 Å². The van der Waals surface area contributed by atoms with E-state index in [0.717, 1.165) is 12.8 Å². The largest absolute Gasteiger partial charge is 0.246 e. The van der Waals surface area contributed by atoms with Crippen LogP contribution in [-0.2, 0) is 15.9 Å². The maximum absolute atomic E-state index is 14.0. The van der Waals surface area contributed by atoms with E-state index in [9.17, 15) is 12.8 Å². The zero-order valence-corrected chi connectivity index (χ0v) is 13.2. The molecule has 0 aliphatic carbocycles. The number of benzene rings is 1. The quantitative estimate of drug-likeness (QED) is 0.801. The normalized spacial score (nSPS) is 24.8. The summed E-state index contributed by atoms with van der Waals surface area (Å²) in [5.41, 5.74) is 0.572. The molecule has 0 radical (unpaired) electrons. The fourth-order valence-electron chi connectivity index (χ4n) is 2.55. The number of piperidine rings is 1. The molecule has 6 heteroatoms. The van der Waals surface area contributed by atoms with Crippen LogP contribution in [0, 0.1) is 11.7 Å². The SMILES string of the molecule is CC1CCC(C)N(S(=O)(=O)c2ccc(CCl)cc2F)C1. The van der Waals surface area contributed by atoms with E-state index in [1.165, 1.54) is 16.4 Å². The van der Waals surface area contributed by atoms with E-state index in [0.29, 0.717) is 18.0 Å². The lowest BCUT2D eigenvalue weighted by Crippen LogP contribution is -2.45. The van der Waals surface area contributed by atoms with Gasteiger partial charge in [-0.3, -0.25) is 0 Å². The molecule has 0 spiro atoms. The van der Waals surface area contributed by atoms with Gasteiger partial charge in [-0.25, -0.2) is 12.8 Å². The van der Waals surface area contributed by atoms with Crippen LogP contribution in [0.2, 0.25) is 0 Å². The highest BCUT2D eigenvalue weighted by Gasteiger charge is 2.35. The highest BCUT2D eigenvalue weighted by Crippen LogP contribution is 2.29. The Hall–Kier alpha value is -0.650. The highest BCUT2D eigenvalue weighted by atomic mass is 35.5. The summed E-state index contributed by atoms with van der Waals surface area (Å²) in [5, 5.41) is 0. The first-order valence-corrected chi connectivity index (χ1v) is 8.70. The topological polar surface area (TPSA) is 37.4 Å². The fourth-order valence-corrected chi connectivity index (χ4v) is 4.54. The van der Waals surface area contributed by atoms with E-state index in [1.807, 2.05) is 13.8 Å². The number of halogens is 2. The van der Waals surface area contributed by atoms with Crippen molar-refractivity contribution in [1.82, 2.24) is 4.31 Å². The minimum absolute atomic E-state index is 0.0942. The minimum atomic E-state index is -3.78. The Morgan fingerprint density at radius 1 is 1.35 bits per heavy atom. The number of nitrogens with zero attached hydrogens (tertiary/aromatic N) is 1. The number of hydrogen-bond donors (Lipinski definition) is 0. The number of rotatable bonds is 3. The summed E-state index contributed by atoms with van der Waals surface area (Å²) in [7, 11) is -3.78. The van der Waals surface area contributed by atoms with Crippen LogP contribution in [0.1, 0.15) is 32.3 Å². The minimum Gasteiger partial charge on any atom is -0.207 e. The van der Waals surface area contributed by atoms with Crippen LogP contribution in [0.5, 0.6) is 0 Å². The van der Waals surface area contributed by atoms with Gasteiger partial charge in [-0.05, 0) is 43.4 Å². The van der Waals surface area contributed by atoms with Crippen molar-refractivity contribution < 1.29 is 12.8 Å². The third kappa shape index (κ3) is 3.00. The van der Waals surface area contributed by atoms with Crippen molar-refractivity contribution in [3.63, 3.8) is 0 Å². The summed E-state index contributed by atoms with van der Waals surface area (Å²) >= 11 is 5.63. The lowest BCUT2D eigenvalue weighted by Gasteiger charge is -2.35. The second kappa shape index (κ2) is 6.00. The zero-order valence-electron chi connectivity index (χ0n) is 11.6. The van der Waals surface area contributed by atoms with Crippen LogP contribution in [0.15, 0.2) is 23.1 Å². The average molecular weight is 320 g/mol. The molecular weight excluding hydrogens is 301 g/mol. The Balaban J connectivity index is 2.39. The lowest BCUT2D eigenvalue weighted by atomic mass is 9.97. The molecule has 0 N–H and O–H groups in total. The first kappa shape index (κ1) is 15.7. The first-order valence-electron chi connectivity index (χ1n) is 6.72. The van der Waals surface area contributed by atoms with Gasteiger partial charge in [0.2, 0.25) is 10.0 Å². The molecule has 2 atom stereocenters. The van der Waals surface area contributed by atoms with Gasteiger partial charge in [0.25, 0.3) is 0 Å². The van der Waals surface area contributed by atoms with Crippen molar-refractivity contribution >= 4 is 21.6 Å². The zero-order chi connectivity index (χ0) is 14.9. The van der Waals surface area contributed by atoms with Gasteiger partial charge in [-0.15, -0.1) is 11.6 Å². The van der Waals surface area contributed by atoms with E-state index in [2.05, 4.69) is 0 Å². The third-order valence-electron chi connectivity index (χ3n) is 3.80. The van der Waals surface area contributed by atoms with E-state index >= 15 is 0 Å². The van der Waals surface area contributed by atoms with Gasteiger partial charge in [-0.1, -0.05) is 13.0 Å². The van der Waals surface area contributed by atoms with Crippen LogP contribution >= 0.6 is 11.6 Å². The molecule has 1 fully saturated rings. The van der Waals surface area contributed by atoms with Crippen molar-refractivity contribution in [3.05, 3.63) is 29.6 Å². The molecule has 20 heavy (non-hydrogen) atoms. The Morgan fingerprint density at radius 2 is 2.05 bits per heavy atom. The highest BCUT2D eigenvalue weighted by molar-refractivity contribution is 7.89. The Morgan fingerprint density at radius 3 is 2.65 bits per heavy atom. The van der Waals surface area contributed by atoms with Crippen LogP contribution in [0.4, 0.5) is 4.39 Å². The molecule has 1 heterocycles. The van der Waals surface area contributed by atoms with Gasteiger partial charge >= 0.3 is 0 Å². The number of sulfonamides is 1. The molecule has 112 valence electrons. The molecule has 1 aliphatic heterocycles. The molecule has 0 bridgehead atoms. The van der Waals surface area contributed by atoms with Crippen molar-refractivity contribution in [2.75, 3.05) is 6.54 Å². The molecule has 3 nitrogen and oxygen atoms in total. The summed E-state index contributed by atoms with van der Waals surface area (Å²) in [6.45, 7) is 4.33. The standard InChI is InChI=1S/C14H19ClFNO2S/c1-10-3-4-11(2)17(9-10)20(18,19)14-6-5-12(8-15)7-13(14)16/h5-7,10-11H,3-4,8-9H2,1-2H3. The van der Waals surface area contributed by atoms with Gasteiger partial charge < -0.3 is 0 Å². The van der Waals surface area contributed by atoms with Gasteiger partial charge in [0.1, 0.15) is 10.7 Å². The van der Waals surface area contributed by atoms with Gasteiger partial charge in [0, 0.05) is 18.5 Å². The van der Waals surface area contributed by atoms with Crippen molar-refractivity contribution in [3.8, 4) is 0 Å². The molecule has 1 aromatic carbocycles. The summed E-state index contributed by atoms with van der Waals surface area (Å²) in [6.07, 6.45) is 1.81. The van der Waals surface area contributed by atoms with E-state index < -0.39 is 15.8 Å². The summed E-state index contributed by atoms with van der Waals surface area (Å²) in [5.74, 6) is -0.270. The number of hydrogen-bond acceptors (Lipinski definition) is 2. The lowest BCUT2D eigenvalue weighted by molar-refractivity contribution is 0.217. The molecule has 1 aromatic rings. The van der Waals surface area contributed by atoms with Crippen LogP contribution < -0.4 is 0 Å². The number of alkyl halides is 1. The van der Waals surface area contributed by atoms with E-state index in [-0.39, 0.29) is 16.8 Å². The molecule has 0 aromatic heterocycles. The van der Waals surface area contributed by atoms with Crippen LogP contribution in [-0.4, -0.2) is 25.3 Å². The Bertz CT molecular complexity index is 591. The predicted octanol–water partition coefficient (Wildman–Crippen LogP) is 3.37. The molecule has 1 aliphatic rings.